The Morgan fingerprint density at radius 3 is 2.90 bits per heavy atom. The summed E-state index contributed by atoms with van der Waals surface area (Å²) in [5, 5.41) is 6.99. The molecule has 1 N–H and O–H groups in total. The minimum atomic E-state index is -0.0277. The number of carbonyl (C=O) groups is 1. The molecule has 1 unspecified atom stereocenters. The third-order valence-corrected chi connectivity index (χ3v) is 5.15. The van der Waals surface area contributed by atoms with Crippen molar-refractivity contribution in [2.45, 2.75) is 52.2 Å². The number of nitrogens with zero attached hydrogens (tertiary/aromatic N) is 2. The minimum Gasteiger partial charge on any atom is -0.494 e. The first-order valence-corrected chi connectivity index (χ1v) is 10.7. The van der Waals surface area contributed by atoms with Gasteiger partial charge < -0.3 is 19.3 Å². The second-order valence-electron chi connectivity index (χ2n) is 7.64. The van der Waals surface area contributed by atoms with Gasteiger partial charge in [-0.05, 0) is 32.4 Å². The van der Waals surface area contributed by atoms with E-state index >= 15 is 0 Å². The van der Waals surface area contributed by atoms with Crippen molar-refractivity contribution in [3.8, 4) is 22.9 Å². The summed E-state index contributed by atoms with van der Waals surface area (Å²) in [5.74, 6) is 2.76. The van der Waals surface area contributed by atoms with E-state index in [0.29, 0.717) is 44.1 Å². The zero-order chi connectivity index (χ0) is 21.6. The summed E-state index contributed by atoms with van der Waals surface area (Å²) >= 11 is 0. The highest BCUT2D eigenvalue weighted by molar-refractivity contribution is 5.76. The van der Waals surface area contributed by atoms with Crippen molar-refractivity contribution in [3.63, 3.8) is 0 Å². The van der Waals surface area contributed by atoms with E-state index in [1.807, 2.05) is 56.3 Å². The normalized spacial score (nSPS) is 14.7. The predicted molar refractivity (Wildman–Crippen MR) is 116 cm³/mol. The average Bonchev–Trinajstić information content (AvgIpc) is 3.38. The summed E-state index contributed by atoms with van der Waals surface area (Å²) in [5.41, 5.74) is 2.99. The number of aromatic nitrogens is 2. The first-order valence-electron chi connectivity index (χ1n) is 10.7. The Balaban J connectivity index is 1.27. The fourth-order valence-electron chi connectivity index (χ4n) is 3.65. The molecule has 162 valence electrons. The van der Waals surface area contributed by atoms with Crippen molar-refractivity contribution in [2.24, 2.45) is 0 Å². The fourth-order valence-corrected chi connectivity index (χ4v) is 3.65. The number of amides is 1. The molecule has 1 aliphatic heterocycles. The molecule has 31 heavy (non-hydrogen) atoms. The van der Waals surface area contributed by atoms with E-state index in [1.165, 1.54) is 0 Å². The van der Waals surface area contributed by atoms with Gasteiger partial charge in [-0.1, -0.05) is 35.5 Å². The first-order chi connectivity index (χ1) is 15.1. The molecule has 1 atom stereocenters. The van der Waals surface area contributed by atoms with Gasteiger partial charge in [0, 0.05) is 42.5 Å². The van der Waals surface area contributed by atoms with Crippen LogP contribution in [0.15, 0.2) is 47.0 Å². The molecule has 1 aliphatic rings. The number of benzene rings is 2. The number of hydrogen-bond acceptors (Lipinski definition) is 6. The van der Waals surface area contributed by atoms with Crippen LogP contribution in [0, 0.1) is 0 Å². The van der Waals surface area contributed by atoms with Gasteiger partial charge >= 0.3 is 0 Å². The molecule has 7 heteroatoms. The lowest BCUT2D eigenvalue weighted by Crippen LogP contribution is -2.23. The lowest BCUT2D eigenvalue weighted by molar-refractivity contribution is -0.121. The Morgan fingerprint density at radius 2 is 2.10 bits per heavy atom. The van der Waals surface area contributed by atoms with Crippen molar-refractivity contribution in [2.75, 3.05) is 6.61 Å². The highest BCUT2D eigenvalue weighted by atomic mass is 16.5. The van der Waals surface area contributed by atoms with Gasteiger partial charge in [-0.3, -0.25) is 4.79 Å². The molecule has 7 nitrogen and oxygen atoms in total. The van der Waals surface area contributed by atoms with Crippen LogP contribution in [0.2, 0.25) is 0 Å². The van der Waals surface area contributed by atoms with Gasteiger partial charge in [0.15, 0.2) is 0 Å². The van der Waals surface area contributed by atoms with Crippen molar-refractivity contribution in [1.29, 1.82) is 0 Å². The molecule has 4 rings (SSSR count). The van der Waals surface area contributed by atoms with Gasteiger partial charge in [-0.15, -0.1) is 0 Å². The van der Waals surface area contributed by atoms with Gasteiger partial charge in [0.05, 0.1) is 6.61 Å². The molecule has 2 heterocycles. The molecule has 0 fully saturated rings. The van der Waals surface area contributed by atoms with Crippen LogP contribution in [0.5, 0.6) is 11.5 Å². The molecule has 0 radical (unpaired) electrons. The van der Waals surface area contributed by atoms with Crippen LogP contribution < -0.4 is 14.8 Å². The smallest absolute Gasteiger partial charge is 0.226 e. The van der Waals surface area contributed by atoms with Gasteiger partial charge in [0.25, 0.3) is 0 Å². The van der Waals surface area contributed by atoms with E-state index in [-0.39, 0.29) is 12.0 Å². The zero-order valence-electron chi connectivity index (χ0n) is 17.9. The number of fused-ring (bicyclic) bond motifs is 1. The van der Waals surface area contributed by atoms with Crippen molar-refractivity contribution in [1.82, 2.24) is 15.5 Å². The maximum absolute atomic E-state index is 12.3. The maximum Gasteiger partial charge on any atom is 0.226 e. The zero-order valence-corrected chi connectivity index (χ0v) is 17.9. The standard InChI is InChI=1S/C24H27N3O4/c1-3-29-20-13-18-12-16(2)30-21(18)14-19(20)15-25-22(28)10-7-11-23-26-24(27-31-23)17-8-5-4-6-9-17/h4-6,8-9,13-14,16H,3,7,10-12,15H2,1-2H3,(H,25,28). The Labute approximate surface area is 181 Å². The minimum absolute atomic E-state index is 0.0277. The summed E-state index contributed by atoms with van der Waals surface area (Å²) in [7, 11) is 0. The second-order valence-corrected chi connectivity index (χ2v) is 7.64. The highest BCUT2D eigenvalue weighted by Crippen LogP contribution is 2.35. The van der Waals surface area contributed by atoms with Crippen molar-refractivity contribution < 1.29 is 18.8 Å². The number of rotatable bonds is 9. The Kier molecular flexibility index (Phi) is 6.50. The van der Waals surface area contributed by atoms with Crippen LogP contribution in [0.3, 0.4) is 0 Å². The lowest BCUT2D eigenvalue weighted by Gasteiger charge is -2.13. The number of aryl methyl sites for hydroxylation is 1. The molecule has 1 amide bonds. The molecule has 2 aromatic carbocycles. The third-order valence-electron chi connectivity index (χ3n) is 5.15. The highest BCUT2D eigenvalue weighted by Gasteiger charge is 2.22. The first kappa shape index (κ1) is 20.9. The molecule has 0 bridgehead atoms. The largest absolute Gasteiger partial charge is 0.494 e. The van der Waals surface area contributed by atoms with Gasteiger partial charge in [0.2, 0.25) is 17.6 Å². The van der Waals surface area contributed by atoms with Crippen LogP contribution in [0.1, 0.15) is 43.7 Å². The summed E-state index contributed by atoms with van der Waals surface area (Å²) in [4.78, 5) is 16.7. The monoisotopic (exact) mass is 421 g/mol. The number of ether oxygens (including phenoxy) is 2. The summed E-state index contributed by atoms with van der Waals surface area (Å²) in [6.45, 7) is 4.98. The quantitative estimate of drug-likeness (QED) is 0.560. The molecular formula is C24H27N3O4. The van der Waals surface area contributed by atoms with E-state index in [9.17, 15) is 4.79 Å². The Bertz CT molecular complexity index is 1030. The van der Waals surface area contributed by atoms with Gasteiger partial charge in [-0.2, -0.15) is 4.98 Å². The molecule has 1 aromatic heterocycles. The van der Waals surface area contributed by atoms with E-state index in [1.54, 1.807) is 0 Å². The molecule has 3 aromatic rings. The molecular weight excluding hydrogens is 394 g/mol. The van der Waals surface area contributed by atoms with Crippen molar-refractivity contribution >= 4 is 5.91 Å². The summed E-state index contributed by atoms with van der Waals surface area (Å²) < 4.78 is 16.9. The topological polar surface area (TPSA) is 86.5 Å². The molecule has 0 spiro atoms. The molecule has 0 saturated carbocycles. The van der Waals surface area contributed by atoms with Crippen LogP contribution in [0.25, 0.3) is 11.4 Å². The SMILES string of the molecule is CCOc1cc2c(cc1CNC(=O)CCCc1nc(-c3ccccc3)no1)OC(C)C2. The van der Waals surface area contributed by atoms with Crippen molar-refractivity contribution in [3.05, 3.63) is 59.5 Å². The Morgan fingerprint density at radius 1 is 1.26 bits per heavy atom. The Hall–Kier alpha value is -3.35. The van der Waals surface area contributed by atoms with E-state index in [2.05, 4.69) is 15.5 Å². The van der Waals surface area contributed by atoms with E-state index < -0.39 is 0 Å². The summed E-state index contributed by atoms with van der Waals surface area (Å²) in [6, 6.07) is 13.7. The van der Waals surface area contributed by atoms with Crippen LogP contribution in [0.4, 0.5) is 0 Å². The van der Waals surface area contributed by atoms with Gasteiger partial charge in [-0.25, -0.2) is 0 Å². The number of nitrogens with one attached hydrogen (secondary N) is 1. The molecule has 0 saturated heterocycles. The number of hydrogen-bond donors (Lipinski definition) is 1. The van der Waals surface area contributed by atoms with Crippen LogP contribution >= 0.6 is 0 Å². The maximum atomic E-state index is 12.3. The second kappa shape index (κ2) is 9.64. The van der Waals surface area contributed by atoms with Crippen LogP contribution in [-0.4, -0.2) is 28.8 Å². The summed E-state index contributed by atoms with van der Waals surface area (Å²) in [6.07, 6.45) is 2.62. The van der Waals surface area contributed by atoms with E-state index in [0.717, 1.165) is 34.6 Å². The predicted octanol–water partition coefficient (Wildman–Crippen LogP) is 4.10. The van der Waals surface area contributed by atoms with E-state index in [4.69, 9.17) is 14.0 Å². The van der Waals surface area contributed by atoms with Gasteiger partial charge in [0.1, 0.15) is 17.6 Å². The third kappa shape index (κ3) is 5.23. The number of carbonyl (C=O) groups excluding carboxylic acids is 1. The fraction of sp³-hybridized carbons (Fsp3) is 0.375. The lowest BCUT2D eigenvalue weighted by atomic mass is 10.1. The molecule has 0 aliphatic carbocycles. The average molecular weight is 421 g/mol. The van der Waals surface area contributed by atoms with Crippen LogP contribution in [-0.2, 0) is 24.2 Å².